The van der Waals surface area contributed by atoms with Gasteiger partial charge in [0.1, 0.15) is 6.10 Å². The summed E-state index contributed by atoms with van der Waals surface area (Å²) in [4.78, 5) is 22.8. The van der Waals surface area contributed by atoms with Gasteiger partial charge < -0.3 is 15.4 Å². The van der Waals surface area contributed by atoms with E-state index in [4.69, 9.17) is 16.3 Å². The zero-order valence-corrected chi connectivity index (χ0v) is 12.2. The van der Waals surface area contributed by atoms with Crippen LogP contribution in [-0.2, 0) is 14.3 Å². The van der Waals surface area contributed by atoms with Gasteiger partial charge in [0, 0.05) is 11.6 Å². The summed E-state index contributed by atoms with van der Waals surface area (Å²) in [6.07, 6.45) is 1.66. The zero-order chi connectivity index (χ0) is 15.2. The minimum atomic E-state index is -0.373. The van der Waals surface area contributed by atoms with E-state index in [-0.39, 0.29) is 30.5 Å². The highest BCUT2D eigenvalue weighted by Crippen LogP contribution is 2.29. The van der Waals surface area contributed by atoms with Gasteiger partial charge in [-0.05, 0) is 30.2 Å². The average molecular weight is 309 g/mol. The van der Waals surface area contributed by atoms with Crippen LogP contribution in [0.25, 0.3) is 0 Å². The van der Waals surface area contributed by atoms with Gasteiger partial charge in [0.25, 0.3) is 0 Å². The molecule has 2 atom stereocenters. The molecule has 0 unspecified atom stereocenters. The third-order valence-electron chi connectivity index (χ3n) is 3.25. The first-order chi connectivity index (χ1) is 10.1. The number of hydrogen-bond acceptors (Lipinski definition) is 3. The Kier molecular flexibility index (Phi) is 5.36. The van der Waals surface area contributed by atoms with E-state index in [2.05, 4.69) is 17.2 Å². The molecule has 21 heavy (non-hydrogen) atoms. The minimum Gasteiger partial charge on any atom is -0.371 e. The summed E-state index contributed by atoms with van der Waals surface area (Å²) in [7, 11) is 0. The van der Waals surface area contributed by atoms with Crippen molar-refractivity contribution in [2.75, 3.05) is 13.2 Å². The van der Waals surface area contributed by atoms with Gasteiger partial charge in [0.05, 0.1) is 12.6 Å². The standard InChI is InChI=1S/C15H17ClN2O3/c1-2-13(19)17-9-14(20)18-12-7-8-21-15(12)10-3-5-11(16)6-4-10/h2-6,12,15H,1,7-9H2,(H,17,19)(H,18,20)/t12-,15+/m1/s1. The van der Waals surface area contributed by atoms with E-state index in [0.717, 1.165) is 18.1 Å². The highest BCUT2D eigenvalue weighted by molar-refractivity contribution is 6.30. The number of hydrogen-bond donors (Lipinski definition) is 2. The van der Waals surface area contributed by atoms with Crippen molar-refractivity contribution in [3.8, 4) is 0 Å². The second-order valence-electron chi connectivity index (χ2n) is 4.73. The maximum atomic E-state index is 11.8. The Morgan fingerprint density at radius 3 is 2.76 bits per heavy atom. The third kappa shape index (κ3) is 4.31. The van der Waals surface area contributed by atoms with Gasteiger partial charge in [-0.2, -0.15) is 0 Å². The molecule has 1 saturated heterocycles. The van der Waals surface area contributed by atoms with E-state index in [0.29, 0.717) is 11.6 Å². The Morgan fingerprint density at radius 1 is 1.38 bits per heavy atom. The van der Waals surface area contributed by atoms with E-state index >= 15 is 0 Å². The van der Waals surface area contributed by atoms with Crippen LogP contribution < -0.4 is 10.6 Å². The van der Waals surface area contributed by atoms with Crippen molar-refractivity contribution >= 4 is 23.4 Å². The molecule has 1 heterocycles. The van der Waals surface area contributed by atoms with Crippen molar-refractivity contribution in [1.29, 1.82) is 0 Å². The summed E-state index contributed by atoms with van der Waals surface area (Å²) < 4.78 is 5.68. The van der Waals surface area contributed by atoms with E-state index in [1.54, 1.807) is 12.1 Å². The molecule has 1 aliphatic heterocycles. The van der Waals surface area contributed by atoms with Crippen LogP contribution in [0.3, 0.4) is 0 Å². The predicted octanol–water partition coefficient (Wildman–Crippen LogP) is 1.59. The number of ether oxygens (including phenoxy) is 1. The first-order valence-corrected chi connectivity index (χ1v) is 7.04. The summed E-state index contributed by atoms with van der Waals surface area (Å²) in [6.45, 7) is 3.83. The first-order valence-electron chi connectivity index (χ1n) is 6.67. The fourth-order valence-corrected chi connectivity index (χ4v) is 2.34. The monoisotopic (exact) mass is 308 g/mol. The smallest absolute Gasteiger partial charge is 0.243 e. The molecule has 1 aromatic carbocycles. The fraction of sp³-hybridized carbons (Fsp3) is 0.333. The lowest BCUT2D eigenvalue weighted by Gasteiger charge is -2.20. The molecule has 2 rings (SSSR count). The summed E-state index contributed by atoms with van der Waals surface area (Å²) in [5.41, 5.74) is 0.970. The Morgan fingerprint density at radius 2 is 2.10 bits per heavy atom. The number of amides is 2. The Labute approximate surface area is 128 Å². The van der Waals surface area contributed by atoms with Crippen LogP contribution in [0, 0.1) is 0 Å². The van der Waals surface area contributed by atoms with Crippen molar-refractivity contribution < 1.29 is 14.3 Å². The Balaban J connectivity index is 1.92. The second kappa shape index (κ2) is 7.24. The van der Waals surface area contributed by atoms with Gasteiger partial charge in [-0.3, -0.25) is 9.59 Å². The molecule has 1 aliphatic rings. The second-order valence-corrected chi connectivity index (χ2v) is 5.16. The van der Waals surface area contributed by atoms with Gasteiger partial charge >= 0.3 is 0 Å². The number of halogens is 1. The van der Waals surface area contributed by atoms with Crippen molar-refractivity contribution in [2.24, 2.45) is 0 Å². The number of carbonyl (C=O) groups excluding carboxylic acids is 2. The summed E-state index contributed by atoms with van der Waals surface area (Å²) in [6, 6.07) is 7.25. The molecule has 1 fully saturated rings. The molecule has 1 aromatic rings. The lowest BCUT2D eigenvalue weighted by molar-refractivity contribution is -0.124. The molecule has 0 aliphatic carbocycles. The average Bonchev–Trinajstić information content (AvgIpc) is 2.93. The Bertz CT molecular complexity index is 530. The van der Waals surface area contributed by atoms with Crippen molar-refractivity contribution in [3.05, 3.63) is 47.5 Å². The SMILES string of the molecule is C=CC(=O)NCC(=O)N[C@@H]1CCO[C@H]1c1ccc(Cl)cc1. The quantitative estimate of drug-likeness (QED) is 0.812. The molecular weight excluding hydrogens is 292 g/mol. The van der Waals surface area contributed by atoms with Gasteiger partial charge in [-0.25, -0.2) is 0 Å². The van der Waals surface area contributed by atoms with E-state index in [1.807, 2.05) is 12.1 Å². The topological polar surface area (TPSA) is 67.4 Å². The van der Waals surface area contributed by atoms with Gasteiger partial charge in [0.2, 0.25) is 11.8 Å². The summed E-state index contributed by atoms with van der Waals surface area (Å²) in [5.74, 6) is -0.623. The minimum absolute atomic E-state index is 0.0747. The number of rotatable bonds is 5. The van der Waals surface area contributed by atoms with E-state index in [1.165, 1.54) is 0 Å². The molecule has 0 bridgehead atoms. The largest absolute Gasteiger partial charge is 0.371 e. The van der Waals surface area contributed by atoms with Gasteiger partial charge in [-0.1, -0.05) is 30.3 Å². The zero-order valence-electron chi connectivity index (χ0n) is 11.5. The summed E-state index contributed by atoms with van der Waals surface area (Å²) >= 11 is 5.86. The van der Waals surface area contributed by atoms with Crippen LogP contribution in [0.1, 0.15) is 18.1 Å². The summed E-state index contributed by atoms with van der Waals surface area (Å²) in [5, 5.41) is 5.97. The molecule has 2 N–H and O–H groups in total. The molecule has 5 nitrogen and oxygen atoms in total. The van der Waals surface area contributed by atoms with E-state index in [9.17, 15) is 9.59 Å². The molecular formula is C15H17ClN2O3. The number of nitrogens with one attached hydrogen (secondary N) is 2. The highest BCUT2D eigenvalue weighted by Gasteiger charge is 2.30. The van der Waals surface area contributed by atoms with Crippen molar-refractivity contribution in [3.63, 3.8) is 0 Å². The van der Waals surface area contributed by atoms with Crippen LogP contribution in [-0.4, -0.2) is 31.0 Å². The first kappa shape index (κ1) is 15.5. The molecule has 0 saturated carbocycles. The number of carbonyl (C=O) groups is 2. The maximum absolute atomic E-state index is 11.8. The molecule has 112 valence electrons. The van der Waals surface area contributed by atoms with E-state index < -0.39 is 0 Å². The highest BCUT2D eigenvalue weighted by atomic mass is 35.5. The van der Waals surface area contributed by atoms with Crippen molar-refractivity contribution in [2.45, 2.75) is 18.6 Å². The van der Waals surface area contributed by atoms with Crippen LogP contribution in [0.2, 0.25) is 5.02 Å². The number of benzene rings is 1. The lowest BCUT2D eigenvalue weighted by atomic mass is 10.0. The molecule has 0 aromatic heterocycles. The van der Waals surface area contributed by atoms with Crippen molar-refractivity contribution in [1.82, 2.24) is 10.6 Å². The fourth-order valence-electron chi connectivity index (χ4n) is 2.22. The Hall–Kier alpha value is -1.85. The maximum Gasteiger partial charge on any atom is 0.243 e. The third-order valence-corrected chi connectivity index (χ3v) is 3.50. The normalized spacial score (nSPS) is 20.8. The predicted molar refractivity (Wildman–Crippen MR) is 79.9 cm³/mol. The van der Waals surface area contributed by atoms with Crippen LogP contribution in [0.15, 0.2) is 36.9 Å². The molecule has 2 amide bonds. The molecule has 0 spiro atoms. The molecule has 6 heteroatoms. The van der Waals surface area contributed by atoms with Gasteiger partial charge in [-0.15, -0.1) is 0 Å². The lowest BCUT2D eigenvalue weighted by Crippen LogP contribution is -2.42. The molecule has 0 radical (unpaired) electrons. The van der Waals surface area contributed by atoms with Crippen LogP contribution >= 0.6 is 11.6 Å². The van der Waals surface area contributed by atoms with Gasteiger partial charge in [0.15, 0.2) is 0 Å². The van der Waals surface area contributed by atoms with Crippen LogP contribution in [0.4, 0.5) is 0 Å². The van der Waals surface area contributed by atoms with Crippen LogP contribution in [0.5, 0.6) is 0 Å².